The first-order valence-corrected chi connectivity index (χ1v) is 8.83. The van der Waals surface area contributed by atoms with E-state index >= 15 is 0 Å². The molecule has 1 saturated carbocycles. The van der Waals surface area contributed by atoms with E-state index in [9.17, 15) is 9.59 Å². The van der Waals surface area contributed by atoms with Crippen LogP contribution in [0.4, 0.5) is 0 Å². The van der Waals surface area contributed by atoms with E-state index in [2.05, 4.69) is 25.8 Å². The zero-order chi connectivity index (χ0) is 17.8. The van der Waals surface area contributed by atoms with E-state index in [0.29, 0.717) is 18.0 Å². The SMILES string of the molecule is CNCCCNCc1nnc2c(n1)c(=O)n(C)c(=O)n2C1CCCC1. The molecule has 1 fully saturated rings. The fourth-order valence-corrected chi connectivity index (χ4v) is 3.31. The molecule has 0 radical (unpaired) electrons. The van der Waals surface area contributed by atoms with Gasteiger partial charge in [-0.05, 0) is 39.4 Å². The molecule has 1 aliphatic carbocycles. The number of rotatable bonds is 7. The second-order valence-corrected chi connectivity index (χ2v) is 6.49. The summed E-state index contributed by atoms with van der Waals surface area (Å²) < 4.78 is 2.73. The lowest BCUT2D eigenvalue weighted by Crippen LogP contribution is -2.40. The van der Waals surface area contributed by atoms with E-state index < -0.39 is 5.56 Å². The van der Waals surface area contributed by atoms with Crippen LogP contribution in [-0.2, 0) is 13.6 Å². The summed E-state index contributed by atoms with van der Waals surface area (Å²) in [6.45, 7) is 2.19. The Morgan fingerprint density at radius 1 is 1.16 bits per heavy atom. The van der Waals surface area contributed by atoms with Crippen LogP contribution in [0.2, 0.25) is 0 Å². The molecule has 0 aliphatic heterocycles. The van der Waals surface area contributed by atoms with Crippen molar-refractivity contribution in [2.75, 3.05) is 20.1 Å². The maximum Gasteiger partial charge on any atom is 0.332 e. The van der Waals surface area contributed by atoms with Gasteiger partial charge < -0.3 is 10.6 Å². The summed E-state index contributed by atoms with van der Waals surface area (Å²) in [6, 6.07) is 0.0726. The van der Waals surface area contributed by atoms with Crippen molar-refractivity contribution in [2.24, 2.45) is 7.05 Å². The van der Waals surface area contributed by atoms with Gasteiger partial charge in [-0.3, -0.25) is 13.9 Å². The number of nitrogens with one attached hydrogen (secondary N) is 2. The van der Waals surface area contributed by atoms with E-state index in [-0.39, 0.29) is 17.2 Å². The van der Waals surface area contributed by atoms with Crippen LogP contribution in [0.5, 0.6) is 0 Å². The van der Waals surface area contributed by atoms with E-state index in [1.807, 2.05) is 7.05 Å². The topological polar surface area (TPSA) is 107 Å². The molecule has 9 nitrogen and oxygen atoms in total. The second kappa shape index (κ2) is 7.83. The van der Waals surface area contributed by atoms with Crippen molar-refractivity contribution in [2.45, 2.75) is 44.7 Å². The zero-order valence-corrected chi connectivity index (χ0v) is 14.8. The highest BCUT2D eigenvalue weighted by molar-refractivity contribution is 5.68. The van der Waals surface area contributed by atoms with Gasteiger partial charge in [-0.1, -0.05) is 12.8 Å². The summed E-state index contributed by atoms with van der Waals surface area (Å²) >= 11 is 0. The van der Waals surface area contributed by atoms with Crippen LogP contribution < -0.4 is 21.9 Å². The predicted octanol–water partition coefficient (Wildman–Crippen LogP) is -0.301. The minimum atomic E-state index is -0.416. The van der Waals surface area contributed by atoms with Crippen LogP contribution in [0, 0.1) is 0 Å². The molecule has 2 N–H and O–H groups in total. The summed E-state index contributed by atoms with van der Waals surface area (Å²) in [6.07, 6.45) is 4.99. The molecular formula is C16H25N7O2. The summed E-state index contributed by atoms with van der Waals surface area (Å²) in [7, 11) is 3.41. The summed E-state index contributed by atoms with van der Waals surface area (Å²) in [5.74, 6) is 0.464. The Bertz CT molecular complexity index is 852. The third-order valence-electron chi connectivity index (χ3n) is 4.69. The first kappa shape index (κ1) is 17.7. The molecule has 2 heterocycles. The van der Waals surface area contributed by atoms with Gasteiger partial charge in [0.05, 0.1) is 6.54 Å². The largest absolute Gasteiger partial charge is 0.332 e. The standard InChI is InChI=1S/C16H25N7O2/c1-17-8-5-9-18-10-12-19-13-14(21-20-12)23(11-6-3-4-7-11)16(25)22(2)15(13)24/h11,17-18H,3-10H2,1-2H3. The quantitative estimate of drug-likeness (QED) is 0.662. The van der Waals surface area contributed by atoms with Crippen molar-refractivity contribution < 1.29 is 0 Å². The Labute approximate surface area is 145 Å². The number of aromatic nitrogens is 5. The van der Waals surface area contributed by atoms with Gasteiger partial charge in [0.15, 0.2) is 17.0 Å². The van der Waals surface area contributed by atoms with Crippen LogP contribution in [0.25, 0.3) is 11.2 Å². The first-order chi connectivity index (χ1) is 12.1. The number of hydrogen-bond acceptors (Lipinski definition) is 7. The third kappa shape index (κ3) is 3.62. The highest BCUT2D eigenvalue weighted by Crippen LogP contribution is 2.29. The van der Waals surface area contributed by atoms with E-state index in [1.165, 1.54) is 7.05 Å². The van der Waals surface area contributed by atoms with E-state index in [0.717, 1.165) is 49.8 Å². The van der Waals surface area contributed by atoms with Crippen molar-refractivity contribution >= 4 is 11.2 Å². The van der Waals surface area contributed by atoms with Gasteiger partial charge in [0.25, 0.3) is 5.56 Å². The van der Waals surface area contributed by atoms with Gasteiger partial charge in [-0.15, -0.1) is 10.2 Å². The van der Waals surface area contributed by atoms with Crippen LogP contribution in [-0.4, -0.2) is 44.5 Å². The lowest BCUT2D eigenvalue weighted by atomic mass is 10.2. The fraction of sp³-hybridized carbons (Fsp3) is 0.688. The normalized spacial score (nSPS) is 15.3. The van der Waals surface area contributed by atoms with Gasteiger partial charge in [-0.25, -0.2) is 9.78 Å². The maximum atomic E-state index is 12.6. The minimum Gasteiger partial charge on any atom is -0.320 e. The molecule has 2 aromatic rings. The van der Waals surface area contributed by atoms with Crippen LogP contribution in [0.3, 0.4) is 0 Å². The molecule has 0 saturated heterocycles. The molecule has 9 heteroatoms. The average molecular weight is 347 g/mol. The zero-order valence-electron chi connectivity index (χ0n) is 14.8. The van der Waals surface area contributed by atoms with Gasteiger partial charge in [0, 0.05) is 13.1 Å². The Kier molecular flexibility index (Phi) is 5.54. The van der Waals surface area contributed by atoms with Gasteiger partial charge in [0.2, 0.25) is 0 Å². The number of fused-ring (bicyclic) bond motifs is 1. The molecule has 0 amide bonds. The minimum absolute atomic E-state index is 0.0726. The highest BCUT2D eigenvalue weighted by Gasteiger charge is 2.24. The smallest absolute Gasteiger partial charge is 0.320 e. The lowest BCUT2D eigenvalue weighted by Gasteiger charge is -2.16. The van der Waals surface area contributed by atoms with Gasteiger partial charge in [-0.2, -0.15) is 0 Å². The molecule has 1 aliphatic rings. The van der Waals surface area contributed by atoms with E-state index in [1.54, 1.807) is 4.57 Å². The number of nitrogens with zero attached hydrogens (tertiary/aromatic N) is 5. The molecule has 25 heavy (non-hydrogen) atoms. The predicted molar refractivity (Wildman–Crippen MR) is 94.6 cm³/mol. The van der Waals surface area contributed by atoms with Crippen LogP contribution in [0.1, 0.15) is 44.0 Å². The van der Waals surface area contributed by atoms with E-state index in [4.69, 9.17) is 0 Å². The van der Waals surface area contributed by atoms with Crippen LogP contribution >= 0.6 is 0 Å². The molecule has 3 rings (SSSR count). The van der Waals surface area contributed by atoms with Crippen molar-refractivity contribution in [3.63, 3.8) is 0 Å². The van der Waals surface area contributed by atoms with Gasteiger partial charge >= 0.3 is 5.69 Å². The molecular weight excluding hydrogens is 322 g/mol. The van der Waals surface area contributed by atoms with Crippen molar-refractivity contribution in [3.05, 3.63) is 26.7 Å². The first-order valence-electron chi connectivity index (χ1n) is 8.83. The van der Waals surface area contributed by atoms with Crippen LogP contribution in [0.15, 0.2) is 9.59 Å². The Balaban J connectivity index is 1.93. The second-order valence-electron chi connectivity index (χ2n) is 6.49. The Morgan fingerprint density at radius 2 is 1.92 bits per heavy atom. The Morgan fingerprint density at radius 3 is 2.64 bits per heavy atom. The molecule has 0 atom stereocenters. The molecule has 136 valence electrons. The molecule has 0 bridgehead atoms. The Hall–Kier alpha value is -2.13. The molecule has 2 aromatic heterocycles. The summed E-state index contributed by atoms with van der Waals surface area (Å²) in [5, 5.41) is 14.6. The van der Waals surface area contributed by atoms with Crippen molar-refractivity contribution in [1.82, 2.24) is 34.9 Å². The van der Waals surface area contributed by atoms with Crippen molar-refractivity contribution in [1.29, 1.82) is 0 Å². The average Bonchev–Trinajstić information content (AvgIpc) is 3.14. The fourth-order valence-electron chi connectivity index (χ4n) is 3.31. The summed E-state index contributed by atoms with van der Waals surface area (Å²) in [4.78, 5) is 29.4. The van der Waals surface area contributed by atoms with Crippen molar-refractivity contribution in [3.8, 4) is 0 Å². The van der Waals surface area contributed by atoms with Gasteiger partial charge in [0.1, 0.15) is 0 Å². The lowest BCUT2D eigenvalue weighted by molar-refractivity contribution is 0.485. The third-order valence-corrected chi connectivity index (χ3v) is 4.69. The highest BCUT2D eigenvalue weighted by atomic mass is 16.2. The monoisotopic (exact) mass is 347 g/mol. The molecule has 0 unspecified atom stereocenters. The molecule has 0 aromatic carbocycles. The molecule has 0 spiro atoms. The number of hydrogen-bond donors (Lipinski definition) is 2. The summed E-state index contributed by atoms with van der Waals surface area (Å²) in [5.41, 5.74) is -0.228. The maximum absolute atomic E-state index is 12.6.